The smallest absolute Gasteiger partial charge is 0.250 e. The van der Waals surface area contributed by atoms with Crippen LogP contribution in [0.4, 0.5) is 0 Å². The highest BCUT2D eigenvalue weighted by Gasteiger charge is 2.13. The molecule has 0 spiro atoms. The van der Waals surface area contributed by atoms with Crippen molar-refractivity contribution in [3.8, 4) is 5.88 Å². The lowest BCUT2D eigenvalue weighted by Crippen LogP contribution is -2.15. The lowest BCUT2D eigenvalue weighted by atomic mass is 10.1. The van der Waals surface area contributed by atoms with Gasteiger partial charge in [0.1, 0.15) is 0 Å². The number of aryl methyl sites for hydroxylation is 1. The number of nitrogens with zero attached hydrogens (tertiary/aromatic N) is 1. The second-order valence-corrected chi connectivity index (χ2v) is 3.00. The SMILES string of the molecule is NC(=O)c1cnc2c(c1)CCCO2. The van der Waals surface area contributed by atoms with Crippen molar-refractivity contribution in [2.75, 3.05) is 6.61 Å². The second-order valence-electron chi connectivity index (χ2n) is 3.00. The van der Waals surface area contributed by atoms with Gasteiger partial charge in [-0.25, -0.2) is 4.98 Å². The Morgan fingerprint density at radius 3 is 3.23 bits per heavy atom. The van der Waals surface area contributed by atoms with Crippen LogP contribution in [0.5, 0.6) is 5.88 Å². The first-order valence-electron chi connectivity index (χ1n) is 4.19. The third kappa shape index (κ3) is 1.47. The number of nitrogens with two attached hydrogens (primary N) is 1. The number of ether oxygens (including phenoxy) is 1. The minimum absolute atomic E-state index is 0.444. The van der Waals surface area contributed by atoms with Crippen molar-refractivity contribution in [2.24, 2.45) is 5.73 Å². The zero-order chi connectivity index (χ0) is 9.26. The minimum Gasteiger partial charge on any atom is -0.477 e. The number of amides is 1. The third-order valence-corrected chi connectivity index (χ3v) is 2.04. The van der Waals surface area contributed by atoms with Crippen LogP contribution < -0.4 is 10.5 Å². The molecule has 0 radical (unpaired) electrons. The molecule has 4 nitrogen and oxygen atoms in total. The lowest BCUT2D eigenvalue weighted by molar-refractivity contribution is 0.0999. The van der Waals surface area contributed by atoms with Gasteiger partial charge in [-0.1, -0.05) is 0 Å². The van der Waals surface area contributed by atoms with Gasteiger partial charge in [-0.15, -0.1) is 0 Å². The largest absolute Gasteiger partial charge is 0.477 e. The number of fused-ring (bicyclic) bond motifs is 1. The summed E-state index contributed by atoms with van der Waals surface area (Å²) in [7, 11) is 0. The molecule has 0 atom stereocenters. The van der Waals surface area contributed by atoms with E-state index in [-0.39, 0.29) is 0 Å². The Balaban J connectivity index is 2.40. The fourth-order valence-corrected chi connectivity index (χ4v) is 1.37. The number of hydrogen-bond acceptors (Lipinski definition) is 3. The zero-order valence-electron chi connectivity index (χ0n) is 7.12. The van der Waals surface area contributed by atoms with Gasteiger partial charge in [0.15, 0.2) is 0 Å². The molecule has 0 aliphatic carbocycles. The molecule has 1 aliphatic rings. The summed E-state index contributed by atoms with van der Waals surface area (Å²) in [6.07, 6.45) is 3.33. The van der Waals surface area contributed by atoms with E-state index in [2.05, 4.69) is 4.98 Å². The number of carbonyl (C=O) groups is 1. The number of carbonyl (C=O) groups excluding carboxylic acids is 1. The van der Waals surface area contributed by atoms with E-state index >= 15 is 0 Å². The number of primary amides is 1. The number of pyridine rings is 1. The first kappa shape index (κ1) is 8.04. The van der Waals surface area contributed by atoms with Crippen LogP contribution in [0.2, 0.25) is 0 Å². The Labute approximate surface area is 75.7 Å². The molecule has 0 saturated heterocycles. The predicted molar refractivity (Wildman–Crippen MR) is 46.6 cm³/mol. The molecule has 1 aromatic rings. The highest BCUT2D eigenvalue weighted by atomic mass is 16.5. The minimum atomic E-state index is -0.444. The summed E-state index contributed by atoms with van der Waals surface area (Å²) >= 11 is 0. The quantitative estimate of drug-likeness (QED) is 0.681. The maximum Gasteiger partial charge on any atom is 0.250 e. The van der Waals surface area contributed by atoms with Crippen molar-refractivity contribution < 1.29 is 9.53 Å². The number of rotatable bonds is 1. The van der Waals surface area contributed by atoms with Crippen LogP contribution in [0.1, 0.15) is 22.3 Å². The summed E-state index contributed by atoms with van der Waals surface area (Å²) < 4.78 is 5.29. The molecule has 2 rings (SSSR count). The molecule has 1 amide bonds. The van der Waals surface area contributed by atoms with Crippen LogP contribution in [0.3, 0.4) is 0 Å². The van der Waals surface area contributed by atoms with Gasteiger partial charge in [-0.2, -0.15) is 0 Å². The Kier molecular flexibility index (Phi) is 1.88. The normalized spacial score (nSPS) is 14.5. The third-order valence-electron chi connectivity index (χ3n) is 2.04. The first-order valence-corrected chi connectivity index (χ1v) is 4.19. The van der Waals surface area contributed by atoms with Gasteiger partial charge in [0.2, 0.25) is 11.8 Å². The molecule has 13 heavy (non-hydrogen) atoms. The Morgan fingerprint density at radius 2 is 2.46 bits per heavy atom. The van der Waals surface area contributed by atoms with Gasteiger partial charge in [0.25, 0.3) is 0 Å². The van der Waals surface area contributed by atoms with E-state index in [0.29, 0.717) is 18.1 Å². The van der Waals surface area contributed by atoms with Gasteiger partial charge in [-0.05, 0) is 18.9 Å². The van der Waals surface area contributed by atoms with E-state index in [4.69, 9.17) is 10.5 Å². The molecular formula is C9H10N2O2. The molecule has 0 aromatic carbocycles. The monoisotopic (exact) mass is 178 g/mol. The average molecular weight is 178 g/mol. The standard InChI is InChI=1S/C9H10N2O2/c10-8(12)7-4-6-2-1-3-13-9(6)11-5-7/h4-5H,1-3H2,(H2,10,12). The van der Waals surface area contributed by atoms with E-state index in [1.165, 1.54) is 6.20 Å². The van der Waals surface area contributed by atoms with E-state index < -0.39 is 5.91 Å². The Hall–Kier alpha value is -1.58. The van der Waals surface area contributed by atoms with Gasteiger partial charge in [0.05, 0.1) is 12.2 Å². The highest BCUT2D eigenvalue weighted by molar-refractivity contribution is 5.92. The number of aromatic nitrogens is 1. The maximum atomic E-state index is 10.8. The summed E-state index contributed by atoms with van der Waals surface area (Å²) in [5.74, 6) is 0.192. The van der Waals surface area contributed by atoms with E-state index in [0.717, 1.165) is 18.4 Å². The molecule has 0 saturated carbocycles. The van der Waals surface area contributed by atoms with Crippen LogP contribution in [-0.2, 0) is 6.42 Å². The van der Waals surface area contributed by atoms with E-state index in [1.807, 2.05) is 0 Å². The van der Waals surface area contributed by atoms with Gasteiger partial charge in [0, 0.05) is 11.8 Å². The summed E-state index contributed by atoms with van der Waals surface area (Å²) in [5, 5.41) is 0. The molecule has 2 heterocycles. The van der Waals surface area contributed by atoms with E-state index in [1.54, 1.807) is 6.07 Å². The molecule has 0 unspecified atom stereocenters. The van der Waals surface area contributed by atoms with Gasteiger partial charge < -0.3 is 10.5 Å². The fraction of sp³-hybridized carbons (Fsp3) is 0.333. The molecule has 1 aromatic heterocycles. The van der Waals surface area contributed by atoms with E-state index in [9.17, 15) is 4.79 Å². The number of hydrogen-bond donors (Lipinski definition) is 1. The molecule has 68 valence electrons. The van der Waals surface area contributed by atoms with Crippen LogP contribution in [0.25, 0.3) is 0 Å². The van der Waals surface area contributed by atoms with Crippen molar-refractivity contribution in [3.05, 3.63) is 23.4 Å². The Morgan fingerprint density at radius 1 is 1.62 bits per heavy atom. The van der Waals surface area contributed by atoms with Crippen molar-refractivity contribution in [2.45, 2.75) is 12.8 Å². The van der Waals surface area contributed by atoms with Crippen LogP contribution in [0, 0.1) is 0 Å². The molecular weight excluding hydrogens is 168 g/mol. The second kappa shape index (κ2) is 3.05. The zero-order valence-corrected chi connectivity index (χ0v) is 7.12. The molecule has 1 aliphatic heterocycles. The van der Waals surface area contributed by atoms with Crippen molar-refractivity contribution >= 4 is 5.91 Å². The van der Waals surface area contributed by atoms with Crippen molar-refractivity contribution in [3.63, 3.8) is 0 Å². The maximum absolute atomic E-state index is 10.8. The van der Waals surface area contributed by atoms with Crippen LogP contribution in [0.15, 0.2) is 12.3 Å². The lowest BCUT2D eigenvalue weighted by Gasteiger charge is -2.15. The predicted octanol–water partition coefficient (Wildman–Crippen LogP) is 0.506. The molecule has 0 bridgehead atoms. The summed E-state index contributed by atoms with van der Waals surface area (Å²) in [6.45, 7) is 0.704. The average Bonchev–Trinajstić information content (AvgIpc) is 2.17. The van der Waals surface area contributed by atoms with Gasteiger partial charge in [-0.3, -0.25) is 4.79 Å². The summed E-state index contributed by atoms with van der Waals surface area (Å²) in [6, 6.07) is 1.75. The van der Waals surface area contributed by atoms with Crippen molar-refractivity contribution in [1.29, 1.82) is 0 Å². The van der Waals surface area contributed by atoms with Crippen LogP contribution >= 0.6 is 0 Å². The highest BCUT2D eigenvalue weighted by Crippen LogP contribution is 2.22. The summed E-state index contributed by atoms with van der Waals surface area (Å²) in [4.78, 5) is 14.8. The molecule has 4 heteroatoms. The fourth-order valence-electron chi connectivity index (χ4n) is 1.37. The molecule has 0 fully saturated rings. The topological polar surface area (TPSA) is 65.2 Å². The first-order chi connectivity index (χ1) is 6.27. The summed E-state index contributed by atoms with van der Waals surface area (Å²) in [5.41, 5.74) is 6.55. The van der Waals surface area contributed by atoms with Gasteiger partial charge >= 0.3 is 0 Å². The van der Waals surface area contributed by atoms with Crippen LogP contribution in [-0.4, -0.2) is 17.5 Å². The van der Waals surface area contributed by atoms with Crippen molar-refractivity contribution in [1.82, 2.24) is 4.98 Å². The Bertz CT molecular complexity index is 349. The molecule has 2 N–H and O–H groups in total.